The molecule has 0 bridgehead atoms. The van der Waals surface area contributed by atoms with Crippen molar-refractivity contribution in [2.45, 2.75) is 11.3 Å². The summed E-state index contributed by atoms with van der Waals surface area (Å²) in [4.78, 5) is 11.1. The second kappa shape index (κ2) is 7.33. The second-order valence-electron chi connectivity index (χ2n) is 3.58. The maximum atomic E-state index is 11.4. The molecule has 0 radical (unpaired) electrons. The molecule has 0 saturated carbocycles. The maximum absolute atomic E-state index is 11.4. The van der Waals surface area contributed by atoms with Crippen molar-refractivity contribution in [1.29, 1.82) is 5.26 Å². The molecule has 0 heterocycles. The molecule has 9 heteroatoms. The number of benzene rings is 1. The Balaban J connectivity index is 2.74. The second-order valence-corrected chi connectivity index (χ2v) is 6.55. The van der Waals surface area contributed by atoms with Crippen LogP contribution in [0.1, 0.15) is 6.42 Å². The summed E-state index contributed by atoms with van der Waals surface area (Å²) in [5.74, 6) is -0.548. The largest absolute Gasteiger partial charge is 0.482 e. The van der Waals surface area contributed by atoms with E-state index >= 15 is 0 Å². The standard InChI is InChI=1S/C11H10Cl2N2O4S/c12-8-2-3-9(10(6-8)20(13,17)18)19-7-11(16)15-5-1-4-14/h2-3,6H,1,5,7H2,(H,15,16). The van der Waals surface area contributed by atoms with Gasteiger partial charge in [-0.2, -0.15) is 5.26 Å². The lowest BCUT2D eigenvalue weighted by molar-refractivity contribution is -0.123. The minimum Gasteiger partial charge on any atom is -0.482 e. The number of rotatable bonds is 6. The Morgan fingerprint density at radius 1 is 1.45 bits per heavy atom. The van der Waals surface area contributed by atoms with E-state index in [0.29, 0.717) is 0 Å². The van der Waals surface area contributed by atoms with Gasteiger partial charge in [0.1, 0.15) is 10.6 Å². The van der Waals surface area contributed by atoms with Crippen LogP contribution in [0.3, 0.4) is 0 Å². The molecule has 1 N–H and O–H groups in total. The number of amides is 1. The van der Waals surface area contributed by atoms with Gasteiger partial charge in [0.25, 0.3) is 15.0 Å². The van der Waals surface area contributed by atoms with E-state index < -0.39 is 21.6 Å². The van der Waals surface area contributed by atoms with Gasteiger partial charge in [0.2, 0.25) is 0 Å². The summed E-state index contributed by atoms with van der Waals surface area (Å²) >= 11 is 5.68. The lowest BCUT2D eigenvalue weighted by Crippen LogP contribution is -2.29. The number of nitriles is 1. The minimum atomic E-state index is -4.04. The SMILES string of the molecule is N#CCCNC(=O)COc1ccc(Cl)cc1S(=O)(=O)Cl. The maximum Gasteiger partial charge on any atom is 0.265 e. The highest BCUT2D eigenvalue weighted by atomic mass is 35.7. The average Bonchev–Trinajstić information content (AvgIpc) is 2.36. The normalized spacial score (nSPS) is 10.7. The molecule has 1 amide bonds. The molecule has 0 fully saturated rings. The van der Waals surface area contributed by atoms with E-state index in [0.717, 1.165) is 6.07 Å². The quantitative estimate of drug-likeness (QED) is 0.629. The average molecular weight is 337 g/mol. The first-order valence-corrected chi connectivity index (χ1v) is 8.04. The predicted molar refractivity (Wildman–Crippen MR) is 73.2 cm³/mol. The van der Waals surface area contributed by atoms with Crippen LogP contribution in [0.4, 0.5) is 0 Å². The highest BCUT2D eigenvalue weighted by Crippen LogP contribution is 2.29. The molecule has 0 aliphatic heterocycles. The number of carbonyl (C=O) groups is 1. The van der Waals surface area contributed by atoms with E-state index in [1.807, 2.05) is 6.07 Å². The van der Waals surface area contributed by atoms with Crippen molar-refractivity contribution in [3.8, 4) is 11.8 Å². The van der Waals surface area contributed by atoms with Crippen LogP contribution in [-0.4, -0.2) is 27.5 Å². The smallest absolute Gasteiger partial charge is 0.265 e. The van der Waals surface area contributed by atoms with Gasteiger partial charge in [0, 0.05) is 22.2 Å². The number of halogens is 2. The highest BCUT2D eigenvalue weighted by molar-refractivity contribution is 8.13. The molecule has 0 aromatic heterocycles. The summed E-state index contributed by atoms with van der Waals surface area (Å²) in [5.41, 5.74) is 0. The molecule has 6 nitrogen and oxygen atoms in total. The molecular formula is C11H10Cl2N2O4S. The third-order valence-corrected chi connectivity index (χ3v) is 3.66. The zero-order chi connectivity index (χ0) is 15.2. The monoisotopic (exact) mass is 336 g/mol. The van der Waals surface area contributed by atoms with Crippen molar-refractivity contribution in [2.75, 3.05) is 13.2 Å². The number of hydrogen-bond acceptors (Lipinski definition) is 5. The Kier molecular flexibility index (Phi) is 6.07. The molecule has 20 heavy (non-hydrogen) atoms. The van der Waals surface area contributed by atoms with E-state index in [1.54, 1.807) is 0 Å². The third-order valence-electron chi connectivity index (χ3n) is 2.09. The third kappa shape index (κ3) is 5.25. The van der Waals surface area contributed by atoms with Gasteiger partial charge in [0.05, 0.1) is 12.5 Å². The first-order chi connectivity index (χ1) is 9.34. The summed E-state index contributed by atoms with van der Waals surface area (Å²) in [6, 6.07) is 5.72. The first kappa shape index (κ1) is 16.6. The molecule has 0 aliphatic carbocycles. The fraction of sp³-hybridized carbons (Fsp3) is 0.273. The van der Waals surface area contributed by atoms with E-state index in [4.69, 9.17) is 32.3 Å². The summed E-state index contributed by atoms with van der Waals surface area (Å²) in [5, 5.41) is 10.9. The predicted octanol–water partition coefficient (Wildman–Crippen LogP) is 1.68. The number of nitrogens with one attached hydrogen (secondary N) is 1. The summed E-state index contributed by atoms with van der Waals surface area (Å²) in [6.45, 7) is -0.202. The minimum absolute atomic E-state index is 0.0696. The number of carbonyl (C=O) groups excluding carboxylic acids is 1. The number of ether oxygens (including phenoxy) is 1. The van der Waals surface area contributed by atoms with E-state index in [1.165, 1.54) is 12.1 Å². The molecule has 1 aromatic carbocycles. The van der Waals surface area contributed by atoms with E-state index in [2.05, 4.69) is 5.32 Å². The molecule has 0 spiro atoms. The Bertz CT molecular complexity index is 640. The van der Waals surface area contributed by atoms with Crippen LogP contribution >= 0.6 is 22.3 Å². The summed E-state index contributed by atoms with van der Waals surface area (Å²) in [6.07, 6.45) is 0.175. The van der Waals surface area contributed by atoms with Gasteiger partial charge in [-0.3, -0.25) is 4.79 Å². The van der Waals surface area contributed by atoms with Crippen LogP contribution in [-0.2, 0) is 13.8 Å². The topological polar surface area (TPSA) is 96.3 Å². The van der Waals surface area contributed by atoms with Crippen LogP contribution < -0.4 is 10.1 Å². The van der Waals surface area contributed by atoms with Gasteiger partial charge in [-0.15, -0.1) is 0 Å². The number of hydrogen-bond donors (Lipinski definition) is 1. The fourth-order valence-corrected chi connectivity index (χ4v) is 2.48. The lowest BCUT2D eigenvalue weighted by Gasteiger charge is -2.09. The van der Waals surface area contributed by atoms with Gasteiger partial charge >= 0.3 is 0 Å². The van der Waals surface area contributed by atoms with Crippen molar-refractivity contribution in [3.05, 3.63) is 23.2 Å². The zero-order valence-corrected chi connectivity index (χ0v) is 12.4. The van der Waals surface area contributed by atoms with Crippen molar-refractivity contribution in [2.24, 2.45) is 0 Å². The van der Waals surface area contributed by atoms with Gasteiger partial charge in [0.15, 0.2) is 6.61 Å². The fourth-order valence-electron chi connectivity index (χ4n) is 1.24. The van der Waals surface area contributed by atoms with Crippen LogP contribution in [0.2, 0.25) is 5.02 Å². The van der Waals surface area contributed by atoms with Gasteiger partial charge in [-0.1, -0.05) is 11.6 Å². The number of nitrogens with zero attached hydrogens (tertiary/aromatic N) is 1. The van der Waals surface area contributed by atoms with Crippen LogP contribution in [0.15, 0.2) is 23.1 Å². The van der Waals surface area contributed by atoms with Crippen molar-refractivity contribution in [1.82, 2.24) is 5.32 Å². The summed E-state index contributed by atoms with van der Waals surface area (Å²) < 4.78 is 27.8. The van der Waals surface area contributed by atoms with Crippen molar-refractivity contribution < 1.29 is 17.9 Å². The van der Waals surface area contributed by atoms with Crippen molar-refractivity contribution >= 4 is 37.2 Å². The van der Waals surface area contributed by atoms with E-state index in [-0.39, 0.29) is 28.6 Å². The molecule has 0 saturated heterocycles. The zero-order valence-electron chi connectivity index (χ0n) is 10.1. The van der Waals surface area contributed by atoms with Gasteiger partial charge in [-0.05, 0) is 18.2 Å². The molecular weight excluding hydrogens is 327 g/mol. The molecule has 1 rings (SSSR count). The Morgan fingerprint density at radius 2 is 2.15 bits per heavy atom. The van der Waals surface area contributed by atoms with Crippen LogP contribution in [0.5, 0.6) is 5.75 Å². The molecule has 0 atom stereocenters. The van der Waals surface area contributed by atoms with Gasteiger partial charge in [-0.25, -0.2) is 8.42 Å². The van der Waals surface area contributed by atoms with Crippen LogP contribution in [0.25, 0.3) is 0 Å². The Hall–Kier alpha value is -1.49. The van der Waals surface area contributed by atoms with Gasteiger partial charge < -0.3 is 10.1 Å². The van der Waals surface area contributed by atoms with Crippen molar-refractivity contribution in [3.63, 3.8) is 0 Å². The Labute approximate surface area is 125 Å². The molecule has 0 unspecified atom stereocenters. The Morgan fingerprint density at radius 3 is 2.75 bits per heavy atom. The molecule has 1 aromatic rings. The van der Waals surface area contributed by atoms with Crippen LogP contribution in [0, 0.1) is 11.3 Å². The summed E-state index contributed by atoms with van der Waals surface area (Å²) in [7, 11) is 1.21. The highest BCUT2D eigenvalue weighted by Gasteiger charge is 2.18. The van der Waals surface area contributed by atoms with E-state index in [9.17, 15) is 13.2 Å². The first-order valence-electron chi connectivity index (χ1n) is 5.35. The lowest BCUT2D eigenvalue weighted by atomic mass is 10.3. The molecule has 0 aliphatic rings. The molecule has 108 valence electrons.